The third-order valence-electron chi connectivity index (χ3n) is 6.83. The lowest BCUT2D eigenvalue weighted by Crippen LogP contribution is -2.67. The smallest absolute Gasteiger partial charge is 0.419 e. The fourth-order valence-electron chi connectivity index (χ4n) is 5.06. The maximum Gasteiger partial charge on any atom is 0.419 e. The van der Waals surface area contributed by atoms with Crippen molar-refractivity contribution in [3.8, 4) is 11.4 Å². The number of anilines is 1. The van der Waals surface area contributed by atoms with E-state index in [9.17, 15) is 26.3 Å². The van der Waals surface area contributed by atoms with E-state index in [2.05, 4.69) is 10.4 Å². The molecule has 0 amide bonds. The molecule has 1 aromatic heterocycles. The number of benzene rings is 3. The van der Waals surface area contributed by atoms with Crippen LogP contribution >= 0.6 is 0 Å². The van der Waals surface area contributed by atoms with Crippen LogP contribution in [0.15, 0.2) is 54.7 Å². The van der Waals surface area contributed by atoms with E-state index >= 15 is 0 Å². The minimum absolute atomic E-state index is 0.00755. The van der Waals surface area contributed by atoms with Crippen molar-refractivity contribution in [2.75, 3.05) is 19.0 Å². The van der Waals surface area contributed by atoms with Crippen molar-refractivity contribution in [1.29, 1.82) is 0 Å². The van der Waals surface area contributed by atoms with Crippen molar-refractivity contribution in [1.82, 2.24) is 9.78 Å². The molecule has 1 N–H and O–H groups in total. The first-order chi connectivity index (χ1) is 17.9. The highest BCUT2D eigenvalue weighted by Crippen LogP contribution is 2.57. The zero-order chi connectivity index (χ0) is 27.5. The fourth-order valence-corrected chi connectivity index (χ4v) is 5.06. The van der Waals surface area contributed by atoms with Crippen LogP contribution < -0.4 is 10.1 Å². The Kier molecular flexibility index (Phi) is 6.09. The maximum absolute atomic E-state index is 14.4. The average Bonchev–Trinajstić information content (AvgIpc) is 3.23. The van der Waals surface area contributed by atoms with Gasteiger partial charge in [-0.05, 0) is 61.9 Å². The van der Waals surface area contributed by atoms with Gasteiger partial charge in [0.05, 0.1) is 31.0 Å². The lowest BCUT2D eigenvalue weighted by molar-refractivity contribution is -0.380. The van der Waals surface area contributed by atoms with Gasteiger partial charge < -0.3 is 14.8 Å². The summed E-state index contributed by atoms with van der Waals surface area (Å²) in [5.41, 5.74) is -2.39. The Balaban J connectivity index is 1.46. The molecular weight excluding hydrogens is 512 g/mol. The number of fused-ring (bicyclic) bond motifs is 1. The number of nitrogens with one attached hydrogen (secondary N) is 1. The second-order valence-corrected chi connectivity index (χ2v) is 9.60. The van der Waals surface area contributed by atoms with Crippen LogP contribution in [0, 0.1) is 24.4 Å². The lowest BCUT2D eigenvalue weighted by atomic mass is 9.75. The highest BCUT2D eigenvalue weighted by Gasteiger charge is 2.68. The molecule has 200 valence electrons. The Hall–Kier alpha value is -3.73. The Bertz CT molecular complexity index is 1530. The molecule has 1 aliphatic rings. The SMILES string of the molecule is COc1ccc(F)cc1C1(C)C[C@@](CNc2cc(C)cc3c2cnn3-c2ccc(F)cc2F)(C(F)(F)F)O1. The summed E-state index contributed by atoms with van der Waals surface area (Å²) < 4.78 is 96.8. The predicted molar refractivity (Wildman–Crippen MR) is 129 cm³/mol. The van der Waals surface area contributed by atoms with Gasteiger partial charge in [0, 0.05) is 29.1 Å². The number of halogens is 6. The third-order valence-corrected chi connectivity index (χ3v) is 6.83. The van der Waals surface area contributed by atoms with Crippen molar-refractivity contribution in [2.24, 2.45) is 0 Å². The molecule has 0 saturated carbocycles. The van der Waals surface area contributed by atoms with Crippen LogP contribution in [0.3, 0.4) is 0 Å². The van der Waals surface area contributed by atoms with Gasteiger partial charge in [0.25, 0.3) is 0 Å². The number of rotatable bonds is 6. The summed E-state index contributed by atoms with van der Waals surface area (Å²) in [5, 5.41) is 7.46. The van der Waals surface area contributed by atoms with Crippen LogP contribution in [-0.4, -0.2) is 35.2 Å². The molecule has 1 fully saturated rings. The van der Waals surface area contributed by atoms with Gasteiger partial charge in [-0.3, -0.25) is 0 Å². The fraction of sp³-hybridized carbons (Fsp3) is 0.296. The summed E-state index contributed by atoms with van der Waals surface area (Å²) in [4.78, 5) is 0. The van der Waals surface area contributed by atoms with Crippen LogP contribution in [0.25, 0.3) is 16.6 Å². The first-order valence-electron chi connectivity index (χ1n) is 11.6. The van der Waals surface area contributed by atoms with E-state index < -0.39 is 47.8 Å². The zero-order valence-electron chi connectivity index (χ0n) is 20.6. The summed E-state index contributed by atoms with van der Waals surface area (Å²) in [7, 11) is 1.35. The summed E-state index contributed by atoms with van der Waals surface area (Å²) in [6.07, 6.45) is -3.83. The van der Waals surface area contributed by atoms with Crippen molar-refractivity contribution < 1.29 is 35.8 Å². The number of hydrogen-bond acceptors (Lipinski definition) is 4. The van der Waals surface area contributed by atoms with E-state index in [0.29, 0.717) is 22.2 Å². The molecule has 0 bridgehead atoms. The number of alkyl halides is 3. The average molecular weight is 535 g/mol. The molecule has 2 atom stereocenters. The summed E-state index contributed by atoms with van der Waals surface area (Å²) in [6, 6.07) is 10.0. The Morgan fingerprint density at radius 3 is 2.39 bits per heavy atom. The molecule has 1 unspecified atom stereocenters. The van der Waals surface area contributed by atoms with Gasteiger partial charge in [-0.25, -0.2) is 17.9 Å². The standard InChI is InChI=1S/C27H23F6N3O2/c1-15-8-21(18-12-35-36(23(18)9-15)22-6-4-17(29)11-20(22)30)34-14-26(27(31,32)33)13-25(2,38-26)19-10-16(28)5-7-24(19)37-3/h4-12,34H,13-14H2,1-3H3/t25?,26-/m1/s1. The number of hydrogen-bond donors (Lipinski definition) is 1. The predicted octanol–water partition coefficient (Wildman–Crippen LogP) is 6.81. The number of aryl methyl sites for hydroxylation is 1. The molecule has 0 aliphatic carbocycles. The number of nitrogens with zero attached hydrogens (tertiary/aromatic N) is 2. The van der Waals surface area contributed by atoms with Gasteiger partial charge in [-0.15, -0.1) is 0 Å². The highest BCUT2D eigenvalue weighted by atomic mass is 19.4. The normalized spacial score (nSPS) is 21.4. The molecule has 0 spiro atoms. The molecule has 5 rings (SSSR count). The van der Waals surface area contributed by atoms with E-state index in [-0.39, 0.29) is 17.0 Å². The second kappa shape index (κ2) is 8.93. The van der Waals surface area contributed by atoms with Crippen molar-refractivity contribution in [3.05, 3.63) is 83.3 Å². The Morgan fingerprint density at radius 1 is 1.05 bits per heavy atom. The zero-order valence-corrected chi connectivity index (χ0v) is 20.6. The first-order valence-corrected chi connectivity index (χ1v) is 11.6. The summed E-state index contributed by atoms with van der Waals surface area (Å²) >= 11 is 0. The van der Waals surface area contributed by atoms with E-state index in [4.69, 9.17) is 9.47 Å². The molecule has 1 aliphatic heterocycles. The van der Waals surface area contributed by atoms with Gasteiger partial charge >= 0.3 is 6.18 Å². The van der Waals surface area contributed by atoms with E-state index in [1.54, 1.807) is 19.1 Å². The largest absolute Gasteiger partial charge is 0.496 e. The van der Waals surface area contributed by atoms with E-state index in [0.717, 1.165) is 24.3 Å². The van der Waals surface area contributed by atoms with Gasteiger partial charge in [0.15, 0.2) is 11.4 Å². The first kappa shape index (κ1) is 25.9. The Labute approximate surface area is 214 Å². The minimum atomic E-state index is -4.75. The topological polar surface area (TPSA) is 48.3 Å². The quantitative estimate of drug-likeness (QED) is 0.276. The summed E-state index contributed by atoms with van der Waals surface area (Å²) in [5.74, 6) is -1.98. The van der Waals surface area contributed by atoms with E-state index in [1.807, 2.05) is 0 Å². The van der Waals surface area contributed by atoms with Crippen molar-refractivity contribution in [2.45, 2.75) is 37.6 Å². The van der Waals surface area contributed by atoms with E-state index in [1.165, 1.54) is 37.0 Å². The maximum atomic E-state index is 14.4. The monoisotopic (exact) mass is 535 g/mol. The minimum Gasteiger partial charge on any atom is -0.496 e. The van der Waals surface area contributed by atoms with Crippen molar-refractivity contribution >= 4 is 16.6 Å². The number of ether oxygens (including phenoxy) is 2. The molecule has 3 aromatic carbocycles. The van der Waals surface area contributed by atoms with Gasteiger partial charge in [0.2, 0.25) is 0 Å². The van der Waals surface area contributed by atoms with Crippen LogP contribution in [0.2, 0.25) is 0 Å². The van der Waals surface area contributed by atoms with Gasteiger partial charge in [-0.2, -0.15) is 18.3 Å². The van der Waals surface area contributed by atoms with Gasteiger partial charge in [-0.1, -0.05) is 0 Å². The van der Waals surface area contributed by atoms with Crippen LogP contribution in [0.5, 0.6) is 5.75 Å². The molecule has 1 saturated heterocycles. The van der Waals surface area contributed by atoms with Crippen molar-refractivity contribution in [3.63, 3.8) is 0 Å². The molecule has 38 heavy (non-hydrogen) atoms. The number of methoxy groups -OCH3 is 1. The molecule has 4 aromatic rings. The van der Waals surface area contributed by atoms with Crippen LogP contribution in [0.4, 0.5) is 32.0 Å². The summed E-state index contributed by atoms with van der Waals surface area (Å²) in [6.45, 7) is 2.55. The Morgan fingerprint density at radius 2 is 1.74 bits per heavy atom. The lowest BCUT2D eigenvalue weighted by Gasteiger charge is -2.55. The van der Waals surface area contributed by atoms with Crippen LogP contribution in [-0.2, 0) is 10.3 Å². The second-order valence-electron chi connectivity index (χ2n) is 9.60. The number of aromatic nitrogens is 2. The molecule has 5 nitrogen and oxygen atoms in total. The van der Waals surface area contributed by atoms with Gasteiger partial charge in [0.1, 0.15) is 23.1 Å². The molecule has 0 radical (unpaired) electrons. The molecular formula is C27H23F6N3O2. The molecule has 2 heterocycles. The van der Waals surface area contributed by atoms with Crippen LogP contribution in [0.1, 0.15) is 24.5 Å². The highest BCUT2D eigenvalue weighted by molar-refractivity contribution is 5.93. The third kappa shape index (κ3) is 4.24. The molecule has 11 heteroatoms.